The van der Waals surface area contributed by atoms with Gasteiger partial charge in [0, 0.05) is 6.61 Å². The zero-order valence-electron chi connectivity index (χ0n) is 15.5. The summed E-state index contributed by atoms with van der Waals surface area (Å²) in [7, 11) is -2.46. The van der Waals surface area contributed by atoms with Gasteiger partial charge in [-0.3, -0.25) is 0 Å². The molecule has 1 N–H and O–H groups in total. The van der Waals surface area contributed by atoms with Gasteiger partial charge in [0.1, 0.15) is 0 Å². The summed E-state index contributed by atoms with van der Waals surface area (Å²) in [5.41, 5.74) is -0.717. The molecule has 130 valence electrons. The average Bonchev–Trinajstić information content (AvgIpc) is 2.51. The van der Waals surface area contributed by atoms with Crippen molar-refractivity contribution in [2.45, 2.75) is 51.7 Å². The van der Waals surface area contributed by atoms with Gasteiger partial charge in [-0.15, -0.1) is 0 Å². The molecule has 0 aliphatic carbocycles. The van der Waals surface area contributed by atoms with Crippen molar-refractivity contribution < 1.29 is 9.53 Å². The predicted octanol–water partition coefficient (Wildman–Crippen LogP) is 3.72. The normalized spacial score (nSPS) is 13.1. The molecular formula is C21H30O2Si. The summed E-state index contributed by atoms with van der Waals surface area (Å²) in [6.07, 6.45) is 0.623. The maximum absolute atomic E-state index is 10.1. The highest BCUT2D eigenvalue weighted by molar-refractivity contribution is 6.99. The Balaban J connectivity index is 2.53. The van der Waals surface area contributed by atoms with E-state index >= 15 is 0 Å². The van der Waals surface area contributed by atoms with Crippen LogP contribution in [-0.2, 0) is 4.43 Å². The molecule has 0 saturated heterocycles. The first-order valence-electron chi connectivity index (χ1n) is 8.64. The van der Waals surface area contributed by atoms with Crippen molar-refractivity contribution in [3.63, 3.8) is 0 Å². The first kappa shape index (κ1) is 18.9. The van der Waals surface area contributed by atoms with E-state index in [1.807, 2.05) is 26.0 Å². The number of benzene rings is 2. The van der Waals surface area contributed by atoms with Crippen molar-refractivity contribution in [3.8, 4) is 0 Å². The standard InChI is InChI=1S/C21H30O2Si/c1-20(2,3)24(18-12-8-6-9-13-18,19-14-10-7-11-15-19)23-17-16-21(4,5)22/h6-15,22H,16-17H2,1-5H3. The van der Waals surface area contributed by atoms with Gasteiger partial charge in [-0.05, 0) is 35.7 Å². The number of rotatable bonds is 6. The van der Waals surface area contributed by atoms with E-state index in [0.29, 0.717) is 13.0 Å². The molecule has 0 saturated carbocycles. The maximum atomic E-state index is 10.1. The Bertz CT molecular complexity index is 585. The lowest BCUT2D eigenvalue weighted by Crippen LogP contribution is -2.66. The molecule has 0 aliphatic rings. The van der Waals surface area contributed by atoms with Crippen LogP contribution in [0.5, 0.6) is 0 Å². The smallest absolute Gasteiger partial charge is 0.261 e. The topological polar surface area (TPSA) is 29.5 Å². The van der Waals surface area contributed by atoms with E-state index in [1.54, 1.807) is 0 Å². The second-order valence-electron chi connectivity index (χ2n) is 8.07. The fourth-order valence-electron chi connectivity index (χ4n) is 3.22. The zero-order valence-corrected chi connectivity index (χ0v) is 16.5. The average molecular weight is 343 g/mol. The van der Waals surface area contributed by atoms with Crippen LogP contribution in [0.1, 0.15) is 41.0 Å². The Morgan fingerprint density at radius 1 is 0.792 bits per heavy atom. The molecule has 2 aromatic carbocycles. The van der Waals surface area contributed by atoms with Crippen molar-refractivity contribution >= 4 is 18.7 Å². The lowest BCUT2D eigenvalue weighted by Gasteiger charge is -2.43. The minimum Gasteiger partial charge on any atom is -0.407 e. The van der Waals surface area contributed by atoms with Crippen molar-refractivity contribution in [2.75, 3.05) is 6.61 Å². The monoisotopic (exact) mass is 342 g/mol. The predicted molar refractivity (Wildman–Crippen MR) is 104 cm³/mol. The van der Waals surface area contributed by atoms with Gasteiger partial charge in [-0.1, -0.05) is 81.4 Å². The molecule has 0 aliphatic heterocycles. The zero-order chi connectivity index (χ0) is 17.8. The molecule has 0 radical (unpaired) electrons. The Kier molecular flexibility index (Phi) is 5.69. The Hall–Kier alpha value is -1.42. The van der Waals surface area contributed by atoms with Crippen LogP contribution in [0, 0.1) is 0 Å². The van der Waals surface area contributed by atoms with E-state index in [-0.39, 0.29) is 5.04 Å². The van der Waals surface area contributed by atoms with Gasteiger partial charge in [-0.2, -0.15) is 0 Å². The molecule has 0 aromatic heterocycles. The molecule has 0 atom stereocenters. The summed E-state index contributed by atoms with van der Waals surface area (Å²) in [4.78, 5) is 0. The first-order valence-corrected chi connectivity index (χ1v) is 10.5. The largest absolute Gasteiger partial charge is 0.407 e. The van der Waals surface area contributed by atoms with Crippen molar-refractivity contribution in [3.05, 3.63) is 60.7 Å². The van der Waals surface area contributed by atoms with Gasteiger partial charge in [0.2, 0.25) is 0 Å². The number of aliphatic hydroxyl groups is 1. The highest BCUT2D eigenvalue weighted by Gasteiger charge is 2.50. The van der Waals surface area contributed by atoms with Crippen LogP contribution >= 0.6 is 0 Å². The molecule has 0 amide bonds. The summed E-state index contributed by atoms with van der Waals surface area (Å²) in [6, 6.07) is 21.2. The van der Waals surface area contributed by atoms with Gasteiger partial charge in [0.25, 0.3) is 8.32 Å². The number of hydrogen-bond donors (Lipinski definition) is 1. The van der Waals surface area contributed by atoms with Gasteiger partial charge in [0.15, 0.2) is 0 Å². The fourth-order valence-corrected chi connectivity index (χ4v) is 7.78. The van der Waals surface area contributed by atoms with Gasteiger partial charge < -0.3 is 9.53 Å². The van der Waals surface area contributed by atoms with E-state index in [9.17, 15) is 5.11 Å². The highest BCUT2D eigenvalue weighted by Crippen LogP contribution is 2.36. The quantitative estimate of drug-likeness (QED) is 0.811. The van der Waals surface area contributed by atoms with E-state index in [0.717, 1.165) is 0 Å². The Labute approximate surface area is 147 Å². The van der Waals surface area contributed by atoms with Gasteiger partial charge in [0.05, 0.1) is 5.60 Å². The van der Waals surface area contributed by atoms with Gasteiger partial charge >= 0.3 is 0 Å². The van der Waals surface area contributed by atoms with E-state index in [2.05, 4.69) is 69.3 Å². The summed E-state index contributed by atoms with van der Waals surface area (Å²) in [5.74, 6) is 0. The van der Waals surface area contributed by atoms with Crippen LogP contribution in [0.4, 0.5) is 0 Å². The second-order valence-corrected chi connectivity index (χ2v) is 12.4. The highest BCUT2D eigenvalue weighted by atomic mass is 28.4. The summed E-state index contributed by atoms with van der Waals surface area (Å²) in [5, 5.41) is 12.6. The molecule has 0 fully saturated rings. The van der Waals surface area contributed by atoms with Crippen LogP contribution in [0.15, 0.2) is 60.7 Å². The van der Waals surface area contributed by atoms with Crippen LogP contribution < -0.4 is 10.4 Å². The van der Waals surface area contributed by atoms with E-state index in [1.165, 1.54) is 10.4 Å². The fraction of sp³-hybridized carbons (Fsp3) is 0.429. The SMILES string of the molecule is CC(C)(O)CCO[Si](c1ccccc1)(c1ccccc1)C(C)(C)C. The lowest BCUT2D eigenvalue weighted by molar-refractivity contribution is 0.0538. The summed E-state index contributed by atoms with van der Waals surface area (Å²) in [6.45, 7) is 11.0. The molecule has 24 heavy (non-hydrogen) atoms. The molecule has 0 heterocycles. The molecule has 2 nitrogen and oxygen atoms in total. The molecule has 0 unspecified atom stereocenters. The van der Waals surface area contributed by atoms with Crippen molar-refractivity contribution in [1.29, 1.82) is 0 Å². The van der Waals surface area contributed by atoms with Crippen molar-refractivity contribution in [2.24, 2.45) is 0 Å². The molecule has 2 aromatic rings. The van der Waals surface area contributed by atoms with Crippen LogP contribution in [-0.4, -0.2) is 25.6 Å². The van der Waals surface area contributed by atoms with E-state index in [4.69, 9.17) is 4.43 Å². The Morgan fingerprint density at radius 2 is 1.21 bits per heavy atom. The Morgan fingerprint density at radius 3 is 1.54 bits per heavy atom. The maximum Gasteiger partial charge on any atom is 0.261 e. The third-order valence-electron chi connectivity index (χ3n) is 4.45. The van der Waals surface area contributed by atoms with Crippen LogP contribution in [0.2, 0.25) is 5.04 Å². The third kappa shape index (κ3) is 4.15. The minimum atomic E-state index is -2.46. The molecule has 3 heteroatoms. The summed E-state index contributed by atoms with van der Waals surface area (Å²) >= 11 is 0. The van der Waals surface area contributed by atoms with Gasteiger partial charge in [-0.25, -0.2) is 0 Å². The molecule has 0 bridgehead atoms. The number of hydrogen-bond acceptors (Lipinski definition) is 2. The van der Waals surface area contributed by atoms with Crippen LogP contribution in [0.3, 0.4) is 0 Å². The van der Waals surface area contributed by atoms with Crippen LogP contribution in [0.25, 0.3) is 0 Å². The molecule has 2 rings (SSSR count). The summed E-state index contributed by atoms with van der Waals surface area (Å²) < 4.78 is 6.72. The molecule has 0 spiro atoms. The van der Waals surface area contributed by atoms with Crippen molar-refractivity contribution in [1.82, 2.24) is 0 Å². The minimum absolute atomic E-state index is 0.0185. The molecular weight excluding hydrogens is 312 g/mol. The second kappa shape index (κ2) is 7.22. The first-order chi connectivity index (χ1) is 11.2. The lowest BCUT2D eigenvalue weighted by atomic mass is 10.1. The third-order valence-corrected chi connectivity index (χ3v) is 9.49. The van der Waals surface area contributed by atoms with E-state index < -0.39 is 13.9 Å².